The lowest BCUT2D eigenvalue weighted by molar-refractivity contribution is -0.141. The summed E-state index contributed by atoms with van der Waals surface area (Å²) in [6.45, 7) is 6.01. The van der Waals surface area contributed by atoms with E-state index in [1.165, 1.54) is 24.2 Å². The predicted molar refractivity (Wildman–Crippen MR) is 136 cm³/mol. The van der Waals surface area contributed by atoms with Crippen LogP contribution >= 0.6 is 23.7 Å². The summed E-state index contributed by atoms with van der Waals surface area (Å²) in [5.41, 5.74) is 4.51. The van der Waals surface area contributed by atoms with Crippen molar-refractivity contribution in [2.75, 3.05) is 7.11 Å². The molecular formula is C24H23ClN6O4S. The van der Waals surface area contributed by atoms with Gasteiger partial charge in [0.1, 0.15) is 16.9 Å². The van der Waals surface area contributed by atoms with E-state index in [9.17, 15) is 14.7 Å². The highest BCUT2D eigenvalue weighted by molar-refractivity contribution is 7.15. The molecule has 0 aliphatic carbocycles. The third-order valence-corrected chi connectivity index (χ3v) is 7.25. The zero-order valence-electron chi connectivity index (χ0n) is 19.9. The van der Waals surface area contributed by atoms with E-state index < -0.39 is 12.0 Å². The number of carbonyl (C=O) groups is 2. The molecule has 0 radical (unpaired) electrons. The number of fused-ring (bicyclic) bond motifs is 3. The SMILES string of the molecule is COC(=O)C[C@@H]1N=C(c2ccc(-n3cc(C(=O)O)cn3)cc2)c2c(sc(C)c2C)-n2c(C)nnc21.Cl. The molecule has 10 nitrogen and oxygen atoms in total. The molecule has 0 unspecified atom stereocenters. The fourth-order valence-electron chi connectivity index (χ4n) is 4.11. The molecule has 0 bridgehead atoms. The number of hydrogen-bond donors (Lipinski definition) is 1. The molecule has 3 aromatic heterocycles. The zero-order valence-corrected chi connectivity index (χ0v) is 21.6. The van der Waals surface area contributed by atoms with Crippen molar-refractivity contribution in [1.29, 1.82) is 0 Å². The molecular weight excluding hydrogens is 504 g/mol. The van der Waals surface area contributed by atoms with Gasteiger partial charge in [-0.05, 0) is 38.5 Å². The number of esters is 1. The molecule has 0 fully saturated rings. The molecule has 36 heavy (non-hydrogen) atoms. The van der Waals surface area contributed by atoms with E-state index >= 15 is 0 Å². The lowest BCUT2D eigenvalue weighted by atomic mass is 9.99. The van der Waals surface area contributed by atoms with Crippen molar-refractivity contribution < 1.29 is 19.4 Å². The lowest BCUT2D eigenvalue weighted by Gasteiger charge is -2.12. The van der Waals surface area contributed by atoms with Crippen LogP contribution in [0.2, 0.25) is 0 Å². The zero-order chi connectivity index (χ0) is 24.9. The number of ether oxygens (including phenoxy) is 1. The Bertz CT molecular complexity index is 1500. The third kappa shape index (κ3) is 4.20. The topological polar surface area (TPSA) is 124 Å². The molecule has 5 rings (SSSR count). The van der Waals surface area contributed by atoms with Crippen molar-refractivity contribution in [1.82, 2.24) is 24.5 Å². The van der Waals surface area contributed by atoms with E-state index in [-0.39, 0.29) is 30.4 Å². The molecule has 0 saturated carbocycles. The maximum Gasteiger partial charge on any atom is 0.338 e. The van der Waals surface area contributed by atoms with E-state index in [1.807, 2.05) is 35.8 Å². The Balaban J connectivity index is 0.00000304. The van der Waals surface area contributed by atoms with Crippen LogP contribution in [0.3, 0.4) is 0 Å². The molecule has 0 spiro atoms. The van der Waals surface area contributed by atoms with Gasteiger partial charge < -0.3 is 9.84 Å². The van der Waals surface area contributed by atoms with Crippen molar-refractivity contribution in [2.45, 2.75) is 33.2 Å². The Morgan fingerprint density at radius 1 is 1.14 bits per heavy atom. The Kier molecular flexibility index (Phi) is 6.79. The van der Waals surface area contributed by atoms with E-state index in [0.29, 0.717) is 11.5 Å². The van der Waals surface area contributed by atoms with Gasteiger partial charge in [-0.25, -0.2) is 9.48 Å². The highest BCUT2D eigenvalue weighted by Crippen LogP contribution is 2.39. The number of carbonyl (C=O) groups excluding carboxylic acids is 1. The van der Waals surface area contributed by atoms with Crippen LogP contribution in [0.1, 0.15) is 56.0 Å². The molecule has 1 aromatic carbocycles. The fraction of sp³-hybridized carbons (Fsp3) is 0.250. The summed E-state index contributed by atoms with van der Waals surface area (Å²) in [5.74, 6) is -0.0981. The van der Waals surface area contributed by atoms with Crippen LogP contribution in [0, 0.1) is 20.8 Å². The molecule has 186 valence electrons. The standard InChI is InChI=1S/C24H22N6O4S.ClH/c1-12-13(2)35-23-20(12)21(26-18(9-19(31)34-4)22-28-27-14(3)30(22)23)15-5-7-17(8-6-15)29-11-16(10-25-29)24(32)33;/h5-8,10-11,18H,9H2,1-4H3,(H,32,33);1H/t18-;/m0./s1. The number of carboxylic acid groups (broad SMARTS) is 1. The summed E-state index contributed by atoms with van der Waals surface area (Å²) >= 11 is 1.64. The largest absolute Gasteiger partial charge is 0.478 e. The van der Waals surface area contributed by atoms with E-state index in [1.54, 1.807) is 11.3 Å². The van der Waals surface area contributed by atoms with E-state index in [0.717, 1.165) is 38.1 Å². The summed E-state index contributed by atoms with van der Waals surface area (Å²) in [4.78, 5) is 29.6. The van der Waals surface area contributed by atoms with Gasteiger partial charge in [0.15, 0.2) is 5.82 Å². The number of thiophene rings is 1. The first kappa shape index (κ1) is 25.3. The number of aryl methyl sites for hydroxylation is 2. The quantitative estimate of drug-likeness (QED) is 0.389. The molecule has 0 saturated heterocycles. The normalized spacial score (nSPS) is 14.2. The molecule has 12 heteroatoms. The van der Waals surface area contributed by atoms with Crippen LogP contribution in [-0.2, 0) is 9.53 Å². The number of halogens is 1. The van der Waals surface area contributed by atoms with Gasteiger partial charge in [-0.15, -0.1) is 33.9 Å². The number of carboxylic acids is 1. The van der Waals surface area contributed by atoms with Crippen molar-refractivity contribution in [3.63, 3.8) is 0 Å². The Labute approximate surface area is 216 Å². The molecule has 0 amide bonds. The van der Waals surface area contributed by atoms with Crippen molar-refractivity contribution in [3.05, 3.63) is 75.4 Å². The number of aromatic nitrogens is 5. The maximum atomic E-state index is 12.2. The van der Waals surface area contributed by atoms with Crippen LogP contribution < -0.4 is 0 Å². The molecule has 4 aromatic rings. The molecule has 1 N–H and O–H groups in total. The molecule has 4 heterocycles. The maximum absolute atomic E-state index is 12.2. The molecule has 1 aliphatic heterocycles. The minimum atomic E-state index is -1.03. The second-order valence-electron chi connectivity index (χ2n) is 8.20. The Hall–Kier alpha value is -3.83. The second-order valence-corrected chi connectivity index (χ2v) is 9.41. The Morgan fingerprint density at radius 2 is 1.86 bits per heavy atom. The molecule has 1 aliphatic rings. The minimum Gasteiger partial charge on any atom is -0.478 e. The number of aromatic carboxylic acids is 1. The average Bonchev–Trinajstić information content (AvgIpc) is 3.53. The first-order valence-electron chi connectivity index (χ1n) is 10.8. The van der Waals surface area contributed by atoms with Crippen LogP contribution in [-0.4, -0.2) is 54.4 Å². The summed E-state index contributed by atoms with van der Waals surface area (Å²) in [6, 6.07) is 6.98. The van der Waals surface area contributed by atoms with Gasteiger partial charge >= 0.3 is 11.9 Å². The number of benzene rings is 1. The summed E-state index contributed by atoms with van der Waals surface area (Å²) < 4.78 is 8.42. The van der Waals surface area contributed by atoms with Crippen LogP contribution in [0.4, 0.5) is 0 Å². The summed E-state index contributed by atoms with van der Waals surface area (Å²) in [7, 11) is 1.35. The highest BCUT2D eigenvalue weighted by atomic mass is 35.5. The van der Waals surface area contributed by atoms with Gasteiger partial charge in [-0.3, -0.25) is 14.4 Å². The smallest absolute Gasteiger partial charge is 0.338 e. The van der Waals surface area contributed by atoms with Crippen molar-refractivity contribution in [3.8, 4) is 10.7 Å². The van der Waals surface area contributed by atoms with Crippen LogP contribution in [0.15, 0.2) is 41.7 Å². The fourth-order valence-corrected chi connectivity index (χ4v) is 5.33. The number of nitrogens with zero attached hydrogens (tertiary/aromatic N) is 6. The number of hydrogen-bond acceptors (Lipinski definition) is 8. The van der Waals surface area contributed by atoms with Gasteiger partial charge in [-0.2, -0.15) is 5.10 Å². The van der Waals surface area contributed by atoms with Gasteiger partial charge in [0, 0.05) is 22.2 Å². The van der Waals surface area contributed by atoms with Gasteiger partial charge in [-0.1, -0.05) is 12.1 Å². The monoisotopic (exact) mass is 526 g/mol. The van der Waals surface area contributed by atoms with Crippen LogP contribution in [0.25, 0.3) is 10.7 Å². The van der Waals surface area contributed by atoms with Gasteiger partial charge in [0.05, 0.1) is 36.7 Å². The number of aliphatic imine (C=N–C) groups is 1. The van der Waals surface area contributed by atoms with Crippen molar-refractivity contribution in [2.24, 2.45) is 4.99 Å². The number of methoxy groups -OCH3 is 1. The van der Waals surface area contributed by atoms with Gasteiger partial charge in [0.25, 0.3) is 0 Å². The second kappa shape index (κ2) is 9.67. The average molecular weight is 527 g/mol. The van der Waals surface area contributed by atoms with Crippen molar-refractivity contribution >= 4 is 41.4 Å². The first-order valence-corrected chi connectivity index (χ1v) is 11.7. The summed E-state index contributed by atoms with van der Waals surface area (Å²) in [5, 5.41) is 22.9. The van der Waals surface area contributed by atoms with E-state index in [2.05, 4.69) is 29.1 Å². The van der Waals surface area contributed by atoms with E-state index in [4.69, 9.17) is 9.73 Å². The third-order valence-electron chi connectivity index (χ3n) is 6.06. The first-order chi connectivity index (χ1) is 16.8. The number of rotatable bonds is 5. The van der Waals surface area contributed by atoms with Gasteiger partial charge in [0.2, 0.25) is 0 Å². The lowest BCUT2D eigenvalue weighted by Crippen LogP contribution is -2.12. The highest BCUT2D eigenvalue weighted by Gasteiger charge is 2.32. The minimum absolute atomic E-state index is 0. The predicted octanol–water partition coefficient (Wildman–Crippen LogP) is 4.01. The summed E-state index contributed by atoms with van der Waals surface area (Å²) in [6.07, 6.45) is 2.81. The molecule has 1 atom stereocenters. The van der Waals surface area contributed by atoms with Crippen LogP contribution in [0.5, 0.6) is 0 Å². The Morgan fingerprint density at radius 3 is 2.50 bits per heavy atom.